The molecule has 0 aliphatic carbocycles. The van der Waals surface area contributed by atoms with E-state index < -0.39 is 26.8 Å². The van der Waals surface area contributed by atoms with E-state index in [0.29, 0.717) is 12.1 Å². The summed E-state index contributed by atoms with van der Waals surface area (Å²) in [7, 11) is -2.74. The number of aliphatic hydroxyl groups excluding tert-OH is 1. The normalized spacial score (nSPS) is 21.3. The first-order chi connectivity index (χ1) is 15.7. The third kappa shape index (κ3) is 4.54. The SMILES string of the molecule is CC(C)(C)[Si](OC[C@H]1O[C@@H](n2ccc(N)cc2=O)CC1O)(c1ccccc1)c1ccccc1. The summed E-state index contributed by atoms with van der Waals surface area (Å²) in [5.74, 6) is 0. The zero-order valence-electron chi connectivity index (χ0n) is 19.3. The Hall–Kier alpha value is -2.71. The van der Waals surface area contributed by atoms with Crippen LogP contribution in [-0.2, 0) is 9.16 Å². The number of ether oxygens (including phenoxy) is 1. The number of nitrogens with zero attached hydrogens (tertiary/aromatic N) is 1. The van der Waals surface area contributed by atoms with Gasteiger partial charge in [0, 0.05) is 24.4 Å². The molecule has 3 aromatic rings. The van der Waals surface area contributed by atoms with Crippen LogP contribution in [0.2, 0.25) is 5.04 Å². The van der Waals surface area contributed by atoms with Gasteiger partial charge in [0.1, 0.15) is 12.3 Å². The molecule has 1 aliphatic heterocycles. The largest absolute Gasteiger partial charge is 0.405 e. The fourth-order valence-corrected chi connectivity index (χ4v) is 9.32. The van der Waals surface area contributed by atoms with Gasteiger partial charge in [-0.05, 0) is 21.5 Å². The number of aliphatic hydroxyl groups is 1. The summed E-state index contributed by atoms with van der Waals surface area (Å²) >= 11 is 0. The number of nitrogen functional groups attached to an aromatic ring is 1. The zero-order valence-corrected chi connectivity index (χ0v) is 20.3. The van der Waals surface area contributed by atoms with E-state index in [0.717, 1.165) is 0 Å². The molecule has 3 N–H and O–H groups in total. The maximum absolute atomic E-state index is 12.4. The molecule has 0 amide bonds. The van der Waals surface area contributed by atoms with Crippen LogP contribution in [0.4, 0.5) is 5.69 Å². The molecule has 7 heteroatoms. The topological polar surface area (TPSA) is 86.7 Å². The second-order valence-electron chi connectivity index (χ2n) is 9.61. The molecule has 1 saturated heterocycles. The van der Waals surface area contributed by atoms with Crippen molar-refractivity contribution >= 4 is 24.4 Å². The summed E-state index contributed by atoms with van der Waals surface area (Å²) in [5, 5.41) is 12.9. The molecule has 2 heterocycles. The van der Waals surface area contributed by atoms with Crippen molar-refractivity contribution in [2.24, 2.45) is 0 Å². The fraction of sp³-hybridized carbons (Fsp3) is 0.346. The van der Waals surface area contributed by atoms with Crippen molar-refractivity contribution in [3.63, 3.8) is 0 Å². The number of hydrogen-bond donors (Lipinski definition) is 2. The highest BCUT2D eigenvalue weighted by Gasteiger charge is 2.51. The Morgan fingerprint density at radius 2 is 1.64 bits per heavy atom. The Labute approximate surface area is 195 Å². The Kier molecular flexibility index (Phi) is 6.58. The van der Waals surface area contributed by atoms with Crippen LogP contribution in [0.1, 0.15) is 33.4 Å². The molecule has 0 bridgehead atoms. The second kappa shape index (κ2) is 9.27. The van der Waals surface area contributed by atoms with Crippen molar-refractivity contribution < 1.29 is 14.3 Å². The maximum atomic E-state index is 12.4. The minimum absolute atomic E-state index is 0.174. The lowest BCUT2D eigenvalue weighted by Gasteiger charge is -2.43. The molecule has 0 radical (unpaired) electrons. The van der Waals surface area contributed by atoms with Crippen LogP contribution in [0.15, 0.2) is 83.8 Å². The van der Waals surface area contributed by atoms with Gasteiger partial charge in [0.25, 0.3) is 13.9 Å². The highest BCUT2D eigenvalue weighted by atomic mass is 28.4. The van der Waals surface area contributed by atoms with Gasteiger partial charge < -0.3 is 20.0 Å². The highest BCUT2D eigenvalue weighted by molar-refractivity contribution is 6.99. The molecular weight excluding hydrogens is 432 g/mol. The van der Waals surface area contributed by atoms with Crippen molar-refractivity contribution in [1.29, 1.82) is 0 Å². The predicted molar refractivity (Wildman–Crippen MR) is 133 cm³/mol. The smallest absolute Gasteiger partial charge is 0.261 e. The number of benzene rings is 2. The third-order valence-electron chi connectivity index (χ3n) is 6.37. The summed E-state index contributed by atoms with van der Waals surface area (Å²) in [6.07, 6.45) is 0.0959. The second-order valence-corrected chi connectivity index (χ2v) is 13.9. The lowest BCUT2D eigenvalue weighted by Crippen LogP contribution is -2.67. The molecule has 0 spiro atoms. The van der Waals surface area contributed by atoms with E-state index >= 15 is 0 Å². The van der Waals surface area contributed by atoms with Crippen molar-refractivity contribution in [3.8, 4) is 0 Å². The number of anilines is 1. The van der Waals surface area contributed by atoms with Crippen LogP contribution >= 0.6 is 0 Å². The molecule has 3 atom stereocenters. The lowest BCUT2D eigenvalue weighted by molar-refractivity contribution is -0.0421. The minimum atomic E-state index is -2.74. The molecule has 1 unspecified atom stereocenters. The van der Waals surface area contributed by atoms with E-state index in [1.807, 2.05) is 36.4 Å². The first kappa shape index (κ1) is 23.4. The Bertz CT molecular complexity index is 1090. The Morgan fingerprint density at radius 1 is 1.06 bits per heavy atom. The molecule has 1 aromatic heterocycles. The molecule has 33 heavy (non-hydrogen) atoms. The van der Waals surface area contributed by atoms with Crippen molar-refractivity contribution in [2.45, 2.75) is 50.7 Å². The van der Waals surface area contributed by atoms with Crippen LogP contribution in [0, 0.1) is 0 Å². The van der Waals surface area contributed by atoms with Gasteiger partial charge in [-0.1, -0.05) is 81.4 Å². The van der Waals surface area contributed by atoms with E-state index in [1.165, 1.54) is 21.0 Å². The molecular formula is C26H32N2O4Si. The molecule has 0 saturated carbocycles. The van der Waals surface area contributed by atoms with Gasteiger partial charge >= 0.3 is 0 Å². The number of pyridine rings is 1. The average Bonchev–Trinajstić information content (AvgIpc) is 3.15. The molecule has 6 nitrogen and oxygen atoms in total. The first-order valence-corrected chi connectivity index (χ1v) is 13.2. The quantitative estimate of drug-likeness (QED) is 0.548. The summed E-state index contributed by atoms with van der Waals surface area (Å²) in [6.45, 7) is 6.86. The number of hydrogen-bond acceptors (Lipinski definition) is 5. The van der Waals surface area contributed by atoms with Crippen molar-refractivity contribution in [1.82, 2.24) is 4.57 Å². The van der Waals surface area contributed by atoms with Gasteiger partial charge in [0.2, 0.25) is 0 Å². The van der Waals surface area contributed by atoms with Crippen molar-refractivity contribution in [3.05, 3.63) is 89.3 Å². The van der Waals surface area contributed by atoms with E-state index in [1.54, 1.807) is 12.3 Å². The Balaban J connectivity index is 1.65. The number of nitrogens with two attached hydrogens (primary N) is 1. The average molecular weight is 465 g/mol. The summed E-state index contributed by atoms with van der Waals surface area (Å²) < 4.78 is 14.5. The van der Waals surface area contributed by atoms with Gasteiger partial charge in [-0.3, -0.25) is 9.36 Å². The standard InChI is InChI=1S/C26H32N2O4Si/c1-26(2,3)33(20-10-6-4-7-11-20,21-12-8-5-9-13-21)31-18-23-22(29)17-25(32-23)28-15-14-19(27)16-24(28)30/h4-16,22-23,25,29H,17-18,27H2,1-3H3/t22?,23-,25-/m1/s1. The van der Waals surface area contributed by atoms with E-state index in [-0.39, 0.29) is 17.2 Å². The monoisotopic (exact) mass is 464 g/mol. The first-order valence-electron chi connectivity index (χ1n) is 11.3. The predicted octanol–water partition coefficient (Wildman–Crippen LogP) is 2.66. The van der Waals surface area contributed by atoms with Crippen LogP contribution in [0.3, 0.4) is 0 Å². The molecule has 1 aliphatic rings. The van der Waals surface area contributed by atoms with Crippen LogP contribution in [0.25, 0.3) is 0 Å². The van der Waals surface area contributed by atoms with E-state index in [2.05, 4.69) is 45.0 Å². The summed E-state index contributed by atoms with van der Waals surface area (Å²) in [4.78, 5) is 12.4. The third-order valence-corrected chi connectivity index (χ3v) is 11.4. The number of aromatic nitrogens is 1. The number of rotatable bonds is 6. The molecule has 1 fully saturated rings. The lowest BCUT2D eigenvalue weighted by atomic mass is 10.2. The Morgan fingerprint density at radius 3 is 2.15 bits per heavy atom. The maximum Gasteiger partial charge on any atom is 0.261 e. The molecule has 4 rings (SSSR count). The van der Waals surface area contributed by atoms with Gasteiger partial charge in [0.15, 0.2) is 0 Å². The van der Waals surface area contributed by atoms with Crippen LogP contribution in [0.5, 0.6) is 0 Å². The van der Waals surface area contributed by atoms with Gasteiger partial charge in [-0.2, -0.15) is 0 Å². The van der Waals surface area contributed by atoms with E-state index in [4.69, 9.17) is 14.9 Å². The summed E-state index contributed by atoms with van der Waals surface area (Å²) in [6, 6.07) is 23.7. The molecule has 2 aromatic carbocycles. The minimum Gasteiger partial charge on any atom is -0.405 e. The summed E-state index contributed by atoms with van der Waals surface area (Å²) in [5.41, 5.74) is 5.86. The van der Waals surface area contributed by atoms with Gasteiger partial charge in [-0.25, -0.2) is 0 Å². The molecule has 174 valence electrons. The van der Waals surface area contributed by atoms with Crippen LogP contribution in [-0.4, -0.2) is 36.8 Å². The fourth-order valence-electron chi connectivity index (χ4n) is 4.75. The van der Waals surface area contributed by atoms with Gasteiger partial charge in [0.05, 0.1) is 12.7 Å². The van der Waals surface area contributed by atoms with E-state index in [9.17, 15) is 9.90 Å². The van der Waals surface area contributed by atoms with Gasteiger partial charge in [-0.15, -0.1) is 0 Å². The zero-order chi connectivity index (χ0) is 23.6. The van der Waals surface area contributed by atoms with Crippen LogP contribution < -0.4 is 21.7 Å². The highest BCUT2D eigenvalue weighted by Crippen LogP contribution is 2.38. The van der Waals surface area contributed by atoms with Crippen molar-refractivity contribution in [2.75, 3.05) is 12.3 Å².